The Kier molecular flexibility index (Phi) is 7.98. The molecule has 3 aromatic rings. The molecule has 180 valence electrons. The third kappa shape index (κ3) is 5.85. The first-order chi connectivity index (χ1) is 16.5. The lowest BCUT2D eigenvalue weighted by Crippen LogP contribution is -2.46. The van der Waals surface area contributed by atoms with Gasteiger partial charge < -0.3 is 24.2 Å². The highest BCUT2D eigenvalue weighted by atomic mass is 19.1. The van der Waals surface area contributed by atoms with E-state index in [1.54, 1.807) is 19.2 Å². The Morgan fingerprint density at radius 3 is 2.71 bits per heavy atom. The van der Waals surface area contributed by atoms with E-state index >= 15 is 0 Å². The summed E-state index contributed by atoms with van der Waals surface area (Å²) in [5, 5.41) is 11.6. The summed E-state index contributed by atoms with van der Waals surface area (Å²) < 4.78 is 30.7. The highest BCUT2D eigenvalue weighted by Crippen LogP contribution is 2.32. The third-order valence-corrected chi connectivity index (χ3v) is 6.25. The Morgan fingerprint density at radius 1 is 1.12 bits per heavy atom. The molecule has 0 spiro atoms. The number of hydrogen-bond donors (Lipinski definition) is 1. The topological polar surface area (TPSA) is 68.2 Å². The first-order valence-corrected chi connectivity index (χ1v) is 11.5. The van der Waals surface area contributed by atoms with E-state index in [-0.39, 0.29) is 24.4 Å². The number of amides is 1. The number of carbonyl (C=O) groups is 1. The average Bonchev–Trinajstić information content (AvgIpc) is 2.85. The normalized spacial score (nSPS) is 18.2. The van der Waals surface area contributed by atoms with Gasteiger partial charge in [0.2, 0.25) is 0 Å². The smallest absolute Gasteiger partial charge is 0.407 e. The molecule has 6 nitrogen and oxygen atoms in total. The predicted molar refractivity (Wildman–Crippen MR) is 128 cm³/mol. The molecule has 1 N–H and O–H groups in total. The van der Waals surface area contributed by atoms with E-state index < -0.39 is 6.09 Å². The molecule has 0 radical (unpaired) electrons. The maximum atomic E-state index is 13.4. The molecule has 2 atom stereocenters. The Balaban J connectivity index is 1.47. The van der Waals surface area contributed by atoms with Crippen LogP contribution in [0.2, 0.25) is 0 Å². The van der Waals surface area contributed by atoms with Crippen molar-refractivity contribution in [3.63, 3.8) is 0 Å². The standard InChI is InChI=1S/C27H30FNO5/c1-32-14-3-15-33-25-5-2-4-21-16-19(6-11-23(21)25)18-34-26-17-29(27(30)31)13-12-24(26)20-7-9-22(28)10-8-20/h2,4-11,16,24,26H,3,12-15,17-18H2,1H3,(H,30,31). The molecule has 0 aromatic heterocycles. The van der Waals surface area contributed by atoms with Gasteiger partial charge in [-0.1, -0.05) is 36.4 Å². The van der Waals surface area contributed by atoms with Crippen molar-refractivity contribution < 1.29 is 28.5 Å². The molecule has 0 aliphatic carbocycles. The summed E-state index contributed by atoms with van der Waals surface area (Å²) in [6, 6.07) is 18.5. The molecular formula is C27H30FNO5. The zero-order valence-corrected chi connectivity index (χ0v) is 19.3. The number of benzene rings is 3. The number of likely N-dealkylation sites (tertiary alicyclic amines) is 1. The van der Waals surface area contributed by atoms with Gasteiger partial charge in [0.15, 0.2) is 0 Å². The van der Waals surface area contributed by atoms with Crippen LogP contribution in [0.4, 0.5) is 9.18 Å². The van der Waals surface area contributed by atoms with Crippen LogP contribution in [0.15, 0.2) is 60.7 Å². The van der Waals surface area contributed by atoms with Crippen LogP contribution in [0, 0.1) is 5.82 Å². The van der Waals surface area contributed by atoms with Gasteiger partial charge in [-0.05, 0) is 47.2 Å². The lowest BCUT2D eigenvalue weighted by Gasteiger charge is -2.37. The first kappa shape index (κ1) is 24.0. The summed E-state index contributed by atoms with van der Waals surface area (Å²) in [5.41, 5.74) is 1.96. The molecule has 0 bridgehead atoms. The van der Waals surface area contributed by atoms with Gasteiger partial charge in [0.25, 0.3) is 0 Å². The Bertz CT molecular complexity index is 1100. The minimum atomic E-state index is -0.949. The Morgan fingerprint density at radius 2 is 1.94 bits per heavy atom. The van der Waals surface area contributed by atoms with E-state index in [0.717, 1.165) is 34.1 Å². The number of methoxy groups -OCH3 is 1. The van der Waals surface area contributed by atoms with Crippen LogP contribution < -0.4 is 4.74 Å². The van der Waals surface area contributed by atoms with Gasteiger partial charge in [0.1, 0.15) is 11.6 Å². The van der Waals surface area contributed by atoms with Gasteiger partial charge in [0, 0.05) is 38.0 Å². The van der Waals surface area contributed by atoms with Crippen LogP contribution in [0.5, 0.6) is 5.75 Å². The Labute approximate surface area is 198 Å². The summed E-state index contributed by atoms with van der Waals surface area (Å²) in [6.07, 6.45) is 0.184. The second-order valence-electron chi connectivity index (χ2n) is 8.53. The molecule has 34 heavy (non-hydrogen) atoms. The molecule has 4 rings (SSSR count). The second kappa shape index (κ2) is 11.3. The van der Waals surface area contributed by atoms with Crippen molar-refractivity contribution in [2.45, 2.75) is 31.5 Å². The minimum Gasteiger partial charge on any atom is -0.493 e. The fourth-order valence-electron chi connectivity index (χ4n) is 4.46. The molecule has 2 unspecified atom stereocenters. The molecule has 1 aliphatic heterocycles. The van der Waals surface area contributed by atoms with Gasteiger partial charge in [-0.3, -0.25) is 0 Å². The van der Waals surface area contributed by atoms with Crippen LogP contribution in [0.1, 0.15) is 29.9 Å². The van der Waals surface area contributed by atoms with Crippen LogP contribution >= 0.6 is 0 Å². The maximum absolute atomic E-state index is 13.4. The Hall–Kier alpha value is -3.16. The van der Waals surface area contributed by atoms with Gasteiger partial charge in [-0.2, -0.15) is 0 Å². The zero-order valence-electron chi connectivity index (χ0n) is 19.3. The number of nitrogens with zero attached hydrogens (tertiary/aromatic N) is 1. The molecule has 0 saturated carbocycles. The summed E-state index contributed by atoms with van der Waals surface area (Å²) in [7, 11) is 1.68. The minimum absolute atomic E-state index is 0.00348. The molecule has 7 heteroatoms. The molecule has 1 saturated heterocycles. The van der Waals surface area contributed by atoms with Gasteiger partial charge >= 0.3 is 6.09 Å². The summed E-state index contributed by atoms with van der Waals surface area (Å²) in [5.74, 6) is 0.549. The maximum Gasteiger partial charge on any atom is 0.407 e. The van der Waals surface area contributed by atoms with E-state index in [4.69, 9.17) is 14.2 Å². The van der Waals surface area contributed by atoms with Crippen LogP contribution in [-0.4, -0.2) is 55.6 Å². The second-order valence-corrected chi connectivity index (χ2v) is 8.53. The molecule has 1 fully saturated rings. The predicted octanol–water partition coefficient (Wildman–Crippen LogP) is 5.45. The van der Waals surface area contributed by atoms with E-state index in [1.807, 2.05) is 30.3 Å². The van der Waals surface area contributed by atoms with Crippen molar-refractivity contribution in [1.82, 2.24) is 4.90 Å². The third-order valence-electron chi connectivity index (χ3n) is 6.25. The molecule has 1 aliphatic rings. The van der Waals surface area contributed by atoms with Crippen molar-refractivity contribution in [1.29, 1.82) is 0 Å². The zero-order chi connectivity index (χ0) is 23.9. The van der Waals surface area contributed by atoms with Gasteiger partial charge in [-0.15, -0.1) is 0 Å². The van der Waals surface area contributed by atoms with Gasteiger partial charge in [0.05, 0.1) is 25.9 Å². The van der Waals surface area contributed by atoms with Crippen LogP contribution in [0.25, 0.3) is 10.8 Å². The summed E-state index contributed by atoms with van der Waals surface area (Å²) >= 11 is 0. The number of carboxylic acid groups (broad SMARTS) is 1. The van der Waals surface area contributed by atoms with Crippen LogP contribution in [-0.2, 0) is 16.1 Å². The van der Waals surface area contributed by atoms with E-state index in [1.165, 1.54) is 17.0 Å². The van der Waals surface area contributed by atoms with E-state index in [0.29, 0.717) is 32.8 Å². The highest BCUT2D eigenvalue weighted by Gasteiger charge is 2.33. The number of rotatable bonds is 9. The molecule has 3 aromatic carbocycles. The van der Waals surface area contributed by atoms with Crippen LogP contribution in [0.3, 0.4) is 0 Å². The van der Waals surface area contributed by atoms with Gasteiger partial charge in [-0.25, -0.2) is 9.18 Å². The van der Waals surface area contributed by atoms with Crippen molar-refractivity contribution >= 4 is 16.9 Å². The average molecular weight is 468 g/mol. The number of piperidine rings is 1. The fourth-order valence-corrected chi connectivity index (χ4v) is 4.46. The number of hydrogen-bond acceptors (Lipinski definition) is 4. The van der Waals surface area contributed by atoms with E-state index in [2.05, 4.69) is 6.07 Å². The molecule has 1 amide bonds. The quantitative estimate of drug-likeness (QED) is 0.424. The summed E-state index contributed by atoms with van der Waals surface area (Å²) in [4.78, 5) is 12.9. The van der Waals surface area contributed by atoms with Crippen molar-refractivity contribution in [3.8, 4) is 5.75 Å². The number of halogens is 1. The molecular weight excluding hydrogens is 437 g/mol. The highest BCUT2D eigenvalue weighted by molar-refractivity contribution is 5.88. The lowest BCUT2D eigenvalue weighted by molar-refractivity contribution is -0.0199. The number of ether oxygens (including phenoxy) is 3. The van der Waals surface area contributed by atoms with E-state index in [9.17, 15) is 14.3 Å². The van der Waals surface area contributed by atoms with Crippen molar-refractivity contribution in [2.75, 3.05) is 33.4 Å². The number of fused-ring (bicyclic) bond motifs is 1. The summed E-state index contributed by atoms with van der Waals surface area (Å²) in [6.45, 7) is 2.31. The van der Waals surface area contributed by atoms with Crippen molar-refractivity contribution in [2.24, 2.45) is 0 Å². The van der Waals surface area contributed by atoms with Crippen molar-refractivity contribution in [3.05, 3.63) is 77.6 Å². The lowest BCUT2D eigenvalue weighted by atomic mass is 9.87. The first-order valence-electron chi connectivity index (χ1n) is 11.5. The fraction of sp³-hybridized carbons (Fsp3) is 0.370. The molecule has 1 heterocycles. The monoisotopic (exact) mass is 467 g/mol. The SMILES string of the molecule is COCCCOc1cccc2cc(COC3CN(C(=O)O)CCC3c3ccc(F)cc3)ccc12. The largest absolute Gasteiger partial charge is 0.493 e.